The van der Waals surface area contributed by atoms with Crippen molar-refractivity contribution in [1.82, 2.24) is 0 Å². The van der Waals surface area contributed by atoms with Crippen LogP contribution in [0.15, 0.2) is 44.7 Å². The summed E-state index contributed by atoms with van der Waals surface area (Å²) in [5, 5.41) is 13.9. The molecule has 0 aliphatic carbocycles. The minimum Gasteiger partial charge on any atom is -0.423 e. The van der Waals surface area contributed by atoms with E-state index in [0.29, 0.717) is 16.7 Å². The van der Waals surface area contributed by atoms with E-state index in [2.05, 4.69) is 10.5 Å². The third-order valence-corrected chi connectivity index (χ3v) is 2.06. The summed E-state index contributed by atoms with van der Waals surface area (Å²) in [4.78, 5) is 22.1. The summed E-state index contributed by atoms with van der Waals surface area (Å²) in [6, 6.07) is 7.68. The Balaban J connectivity index is 2.35. The zero-order valence-corrected chi connectivity index (χ0v) is 8.58. The highest BCUT2D eigenvalue weighted by atomic mass is 16.4. The maximum Gasteiger partial charge on any atom is 0.336 e. The van der Waals surface area contributed by atoms with Gasteiger partial charge in [-0.25, -0.2) is 4.79 Å². The summed E-state index contributed by atoms with van der Waals surface area (Å²) < 4.78 is 4.93. The predicted molar refractivity (Wildman–Crippen MR) is 61.4 cm³/mol. The predicted octanol–water partition coefficient (Wildman–Crippen LogP) is 1.19. The average molecular weight is 232 g/mol. The molecule has 6 nitrogen and oxygen atoms in total. The molecule has 0 aliphatic rings. The number of fused-ring (bicyclic) bond motifs is 1. The molecule has 1 amide bonds. The van der Waals surface area contributed by atoms with Gasteiger partial charge in [0.2, 0.25) is 0 Å². The van der Waals surface area contributed by atoms with E-state index in [4.69, 9.17) is 9.62 Å². The van der Waals surface area contributed by atoms with E-state index in [-0.39, 0.29) is 0 Å². The molecule has 1 heterocycles. The van der Waals surface area contributed by atoms with Crippen molar-refractivity contribution in [2.45, 2.75) is 0 Å². The Morgan fingerprint density at radius 2 is 2.18 bits per heavy atom. The van der Waals surface area contributed by atoms with Gasteiger partial charge in [-0.3, -0.25) is 4.79 Å². The molecule has 0 aliphatic heterocycles. The van der Waals surface area contributed by atoms with Crippen LogP contribution < -0.4 is 10.9 Å². The van der Waals surface area contributed by atoms with Gasteiger partial charge >= 0.3 is 5.63 Å². The summed E-state index contributed by atoms with van der Waals surface area (Å²) in [5.41, 5.74) is 0.518. The topological polar surface area (TPSA) is 91.9 Å². The van der Waals surface area contributed by atoms with Crippen LogP contribution in [0, 0.1) is 0 Å². The fourth-order valence-corrected chi connectivity index (χ4v) is 1.38. The molecule has 0 saturated heterocycles. The number of carbonyl (C=O) groups excluding carboxylic acids is 1. The van der Waals surface area contributed by atoms with Gasteiger partial charge in [-0.1, -0.05) is 5.16 Å². The van der Waals surface area contributed by atoms with Crippen molar-refractivity contribution in [2.75, 3.05) is 5.32 Å². The summed E-state index contributed by atoms with van der Waals surface area (Å²) >= 11 is 0. The Morgan fingerprint density at radius 1 is 1.35 bits per heavy atom. The zero-order chi connectivity index (χ0) is 12.3. The minimum atomic E-state index is -0.552. The van der Waals surface area contributed by atoms with E-state index in [1.54, 1.807) is 24.3 Å². The fourth-order valence-electron chi connectivity index (χ4n) is 1.38. The normalized spacial score (nSPS) is 10.8. The van der Waals surface area contributed by atoms with Crippen LogP contribution in [0.5, 0.6) is 0 Å². The average Bonchev–Trinajstić information content (AvgIpc) is 2.29. The van der Waals surface area contributed by atoms with Crippen LogP contribution in [-0.2, 0) is 4.79 Å². The summed E-state index contributed by atoms with van der Waals surface area (Å²) in [6.45, 7) is 0. The lowest BCUT2D eigenvalue weighted by Gasteiger charge is -2.02. The van der Waals surface area contributed by atoms with Crippen LogP contribution in [-0.4, -0.2) is 17.3 Å². The van der Waals surface area contributed by atoms with Crippen molar-refractivity contribution in [3.8, 4) is 0 Å². The van der Waals surface area contributed by atoms with E-state index in [0.717, 1.165) is 6.21 Å². The van der Waals surface area contributed by atoms with Crippen molar-refractivity contribution < 1.29 is 14.4 Å². The van der Waals surface area contributed by atoms with E-state index < -0.39 is 11.5 Å². The number of nitrogens with one attached hydrogen (secondary N) is 1. The molecule has 0 saturated carbocycles. The van der Waals surface area contributed by atoms with Crippen molar-refractivity contribution >= 4 is 28.8 Å². The first-order valence-electron chi connectivity index (χ1n) is 4.71. The van der Waals surface area contributed by atoms with Crippen molar-refractivity contribution in [2.24, 2.45) is 5.16 Å². The Bertz CT molecular complexity index is 645. The van der Waals surface area contributed by atoms with E-state index in [1.165, 1.54) is 6.07 Å². The molecule has 0 fully saturated rings. The number of nitrogens with zero attached hydrogens (tertiary/aromatic N) is 1. The highest BCUT2D eigenvalue weighted by molar-refractivity contribution is 6.31. The lowest BCUT2D eigenvalue weighted by Crippen LogP contribution is -2.12. The maximum absolute atomic E-state index is 11.1. The zero-order valence-electron chi connectivity index (χ0n) is 8.58. The Morgan fingerprint density at radius 3 is 2.94 bits per heavy atom. The highest BCUT2D eigenvalue weighted by Gasteiger charge is 2.02. The van der Waals surface area contributed by atoms with E-state index in [1.807, 2.05) is 0 Å². The van der Waals surface area contributed by atoms with Gasteiger partial charge in [0.25, 0.3) is 5.91 Å². The molecular formula is C11H8N2O4. The van der Waals surface area contributed by atoms with Gasteiger partial charge in [0.15, 0.2) is 0 Å². The molecule has 0 bridgehead atoms. The van der Waals surface area contributed by atoms with Gasteiger partial charge in [-0.05, 0) is 24.3 Å². The van der Waals surface area contributed by atoms with Crippen LogP contribution in [0.4, 0.5) is 5.69 Å². The third kappa shape index (κ3) is 2.49. The lowest BCUT2D eigenvalue weighted by atomic mass is 10.2. The molecule has 17 heavy (non-hydrogen) atoms. The quantitative estimate of drug-likeness (QED) is 0.352. The number of hydrogen-bond donors (Lipinski definition) is 2. The molecule has 2 rings (SSSR count). The minimum absolute atomic E-state index is 0.429. The standard InChI is InChI=1S/C11H8N2O4/c14-10(6-12-16)13-8-2-3-9-7(5-8)1-4-11(15)17-9/h1-6,16H,(H,13,14). The van der Waals surface area contributed by atoms with Gasteiger partial charge < -0.3 is 14.9 Å². The molecular weight excluding hydrogens is 224 g/mol. The largest absolute Gasteiger partial charge is 0.423 e. The van der Waals surface area contributed by atoms with Crippen molar-refractivity contribution in [1.29, 1.82) is 0 Å². The van der Waals surface area contributed by atoms with Crippen LogP contribution in [0.1, 0.15) is 0 Å². The van der Waals surface area contributed by atoms with Crippen LogP contribution in [0.3, 0.4) is 0 Å². The number of carbonyl (C=O) groups is 1. The highest BCUT2D eigenvalue weighted by Crippen LogP contribution is 2.17. The molecule has 2 aromatic rings. The summed E-state index contributed by atoms with van der Waals surface area (Å²) in [6.07, 6.45) is 0.745. The Labute approximate surface area is 95.2 Å². The van der Waals surface area contributed by atoms with Gasteiger partial charge in [0, 0.05) is 17.1 Å². The third-order valence-electron chi connectivity index (χ3n) is 2.06. The molecule has 1 aromatic heterocycles. The molecule has 0 spiro atoms. The van der Waals surface area contributed by atoms with Crippen LogP contribution in [0.2, 0.25) is 0 Å². The number of anilines is 1. The molecule has 1 aromatic carbocycles. The van der Waals surface area contributed by atoms with Crippen molar-refractivity contribution in [3.05, 3.63) is 40.8 Å². The van der Waals surface area contributed by atoms with Crippen LogP contribution in [0.25, 0.3) is 11.0 Å². The fraction of sp³-hybridized carbons (Fsp3) is 0. The number of benzene rings is 1. The maximum atomic E-state index is 11.1. The number of oxime groups is 1. The SMILES string of the molecule is O=C(C=NO)Nc1ccc2oc(=O)ccc2c1. The molecule has 0 radical (unpaired) electrons. The molecule has 2 N–H and O–H groups in total. The Kier molecular flexibility index (Phi) is 2.87. The van der Waals surface area contributed by atoms with E-state index >= 15 is 0 Å². The first kappa shape index (κ1) is 10.9. The first-order chi connectivity index (χ1) is 8.19. The molecule has 86 valence electrons. The van der Waals surface area contributed by atoms with Gasteiger partial charge in [0.1, 0.15) is 11.8 Å². The number of hydrogen-bond acceptors (Lipinski definition) is 5. The Hall–Kier alpha value is -2.63. The molecule has 0 atom stereocenters. The second-order valence-electron chi connectivity index (χ2n) is 3.24. The monoisotopic (exact) mass is 232 g/mol. The lowest BCUT2D eigenvalue weighted by molar-refractivity contribution is -0.110. The first-order valence-corrected chi connectivity index (χ1v) is 4.71. The van der Waals surface area contributed by atoms with Gasteiger partial charge in [0.05, 0.1) is 0 Å². The van der Waals surface area contributed by atoms with Crippen molar-refractivity contribution in [3.63, 3.8) is 0 Å². The van der Waals surface area contributed by atoms with Gasteiger partial charge in [-0.2, -0.15) is 0 Å². The number of rotatable bonds is 2. The second kappa shape index (κ2) is 4.48. The van der Waals surface area contributed by atoms with E-state index in [9.17, 15) is 9.59 Å². The molecule has 0 unspecified atom stereocenters. The number of amides is 1. The summed E-state index contributed by atoms with van der Waals surface area (Å²) in [5.74, 6) is -0.552. The van der Waals surface area contributed by atoms with Gasteiger partial charge in [-0.15, -0.1) is 0 Å². The summed E-state index contributed by atoms with van der Waals surface area (Å²) in [7, 11) is 0. The smallest absolute Gasteiger partial charge is 0.336 e. The molecule has 6 heteroatoms. The second-order valence-corrected chi connectivity index (χ2v) is 3.24. The van der Waals surface area contributed by atoms with Crippen LogP contribution >= 0.6 is 0 Å².